The van der Waals surface area contributed by atoms with Crippen LogP contribution in [0.15, 0.2) is 36.5 Å². The number of nitrogens with zero attached hydrogens (tertiary/aromatic N) is 1. The Morgan fingerprint density at radius 2 is 1.95 bits per heavy atom. The summed E-state index contributed by atoms with van der Waals surface area (Å²) in [6, 6.07) is 11.0. The molecule has 1 N–H and O–H groups in total. The average molecular weight is 270 g/mol. The molecule has 2 heteroatoms. The number of fused-ring (bicyclic) bond motifs is 1. The molecule has 2 unspecified atom stereocenters. The van der Waals surface area contributed by atoms with Crippen molar-refractivity contribution >= 4 is 10.9 Å². The Labute approximate surface area is 122 Å². The minimum Gasteiger partial charge on any atom is -0.310 e. The highest BCUT2D eigenvalue weighted by atomic mass is 14.9. The number of para-hydroxylation sites is 1. The van der Waals surface area contributed by atoms with Gasteiger partial charge >= 0.3 is 0 Å². The van der Waals surface area contributed by atoms with Crippen molar-refractivity contribution in [2.24, 2.45) is 5.92 Å². The van der Waals surface area contributed by atoms with Gasteiger partial charge in [-0.3, -0.25) is 4.98 Å². The van der Waals surface area contributed by atoms with Gasteiger partial charge in [-0.25, -0.2) is 0 Å². The first-order valence-corrected chi connectivity index (χ1v) is 7.84. The highest BCUT2D eigenvalue weighted by Crippen LogP contribution is 2.27. The van der Waals surface area contributed by atoms with Gasteiger partial charge in [-0.1, -0.05) is 45.4 Å². The van der Waals surface area contributed by atoms with Crippen molar-refractivity contribution < 1.29 is 0 Å². The first kappa shape index (κ1) is 15.0. The molecule has 0 spiro atoms. The lowest BCUT2D eigenvalue weighted by Crippen LogP contribution is -2.27. The van der Waals surface area contributed by atoms with Crippen LogP contribution in [0.3, 0.4) is 0 Å². The van der Waals surface area contributed by atoms with E-state index in [1.807, 2.05) is 12.3 Å². The molecule has 2 aromatic rings. The van der Waals surface area contributed by atoms with Gasteiger partial charge in [0.2, 0.25) is 0 Å². The Bertz CT molecular complexity index is 536. The van der Waals surface area contributed by atoms with E-state index in [1.54, 1.807) is 0 Å². The lowest BCUT2D eigenvalue weighted by Gasteiger charge is -2.25. The predicted molar refractivity (Wildman–Crippen MR) is 86.8 cm³/mol. The quantitative estimate of drug-likeness (QED) is 0.788. The molecule has 0 aliphatic carbocycles. The molecule has 20 heavy (non-hydrogen) atoms. The van der Waals surface area contributed by atoms with E-state index in [0.717, 1.165) is 18.5 Å². The number of hydrogen-bond acceptors (Lipinski definition) is 2. The highest BCUT2D eigenvalue weighted by Gasteiger charge is 2.18. The number of aromatic nitrogens is 1. The summed E-state index contributed by atoms with van der Waals surface area (Å²) < 4.78 is 0. The van der Waals surface area contributed by atoms with E-state index in [0.29, 0.717) is 12.0 Å². The zero-order valence-electron chi connectivity index (χ0n) is 12.9. The Kier molecular flexibility index (Phi) is 5.54. The first-order valence-electron chi connectivity index (χ1n) is 7.84. The number of hydrogen-bond donors (Lipinski definition) is 1. The van der Waals surface area contributed by atoms with Gasteiger partial charge in [0.1, 0.15) is 0 Å². The van der Waals surface area contributed by atoms with Crippen molar-refractivity contribution in [3.05, 3.63) is 42.1 Å². The van der Waals surface area contributed by atoms with E-state index in [1.165, 1.54) is 23.8 Å². The van der Waals surface area contributed by atoms with Gasteiger partial charge in [0.25, 0.3) is 0 Å². The van der Waals surface area contributed by atoms with Crippen LogP contribution in [0.4, 0.5) is 0 Å². The van der Waals surface area contributed by atoms with Gasteiger partial charge in [-0.05, 0) is 43.0 Å². The van der Waals surface area contributed by atoms with Crippen molar-refractivity contribution in [1.29, 1.82) is 0 Å². The molecular weight excluding hydrogens is 244 g/mol. The van der Waals surface area contributed by atoms with Crippen LogP contribution < -0.4 is 5.32 Å². The van der Waals surface area contributed by atoms with Gasteiger partial charge in [-0.2, -0.15) is 0 Å². The fourth-order valence-corrected chi connectivity index (χ4v) is 2.83. The summed E-state index contributed by atoms with van der Waals surface area (Å²) in [4.78, 5) is 4.61. The molecular formula is C18H26N2. The lowest BCUT2D eigenvalue weighted by atomic mass is 9.91. The van der Waals surface area contributed by atoms with Crippen LogP contribution in [0.1, 0.15) is 51.6 Å². The van der Waals surface area contributed by atoms with Crippen molar-refractivity contribution in [1.82, 2.24) is 10.3 Å². The van der Waals surface area contributed by atoms with Gasteiger partial charge in [0.15, 0.2) is 0 Å². The standard InChI is InChI=1S/C18H26N2/c1-4-8-14(3)18(19-11-5-2)16-12-15-9-6-7-10-17(15)20-13-16/h6-7,9-10,12-14,18-19H,4-5,8,11H2,1-3H3. The first-order chi connectivity index (χ1) is 9.76. The Morgan fingerprint density at radius 3 is 2.70 bits per heavy atom. The molecule has 1 heterocycles. The number of benzene rings is 1. The molecule has 2 atom stereocenters. The fraction of sp³-hybridized carbons (Fsp3) is 0.500. The van der Waals surface area contributed by atoms with Gasteiger partial charge < -0.3 is 5.32 Å². The van der Waals surface area contributed by atoms with Crippen LogP contribution in [-0.4, -0.2) is 11.5 Å². The maximum absolute atomic E-state index is 4.61. The summed E-state index contributed by atoms with van der Waals surface area (Å²) in [7, 11) is 0. The largest absolute Gasteiger partial charge is 0.310 e. The number of rotatable bonds is 7. The van der Waals surface area contributed by atoms with Crippen LogP contribution in [0.25, 0.3) is 10.9 Å². The molecule has 0 aliphatic heterocycles. The monoisotopic (exact) mass is 270 g/mol. The maximum atomic E-state index is 4.61. The molecule has 1 aromatic carbocycles. The molecule has 2 rings (SSSR count). The number of pyridine rings is 1. The van der Waals surface area contributed by atoms with Gasteiger partial charge in [0, 0.05) is 17.6 Å². The molecule has 1 aromatic heterocycles. The minimum absolute atomic E-state index is 0.409. The molecule has 0 radical (unpaired) electrons. The molecule has 0 saturated carbocycles. The van der Waals surface area contributed by atoms with Crippen molar-refractivity contribution in [3.63, 3.8) is 0 Å². The normalized spacial score (nSPS) is 14.3. The zero-order chi connectivity index (χ0) is 14.4. The number of nitrogens with one attached hydrogen (secondary N) is 1. The maximum Gasteiger partial charge on any atom is 0.0702 e. The Hall–Kier alpha value is -1.41. The average Bonchev–Trinajstić information content (AvgIpc) is 2.48. The Morgan fingerprint density at radius 1 is 1.15 bits per heavy atom. The molecule has 0 aliphatic rings. The predicted octanol–water partition coefficient (Wildman–Crippen LogP) is 4.71. The smallest absolute Gasteiger partial charge is 0.0702 e. The molecule has 0 fully saturated rings. The summed E-state index contributed by atoms with van der Waals surface area (Å²) in [5, 5.41) is 4.93. The SMILES string of the molecule is CCCNC(c1cnc2ccccc2c1)C(C)CCC. The zero-order valence-corrected chi connectivity index (χ0v) is 12.9. The van der Waals surface area contributed by atoms with Crippen LogP contribution in [0.2, 0.25) is 0 Å². The fourth-order valence-electron chi connectivity index (χ4n) is 2.83. The molecule has 2 nitrogen and oxygen atoms in total. The van der Waals surface area contributed by atoms with Crippen LogP contribution in [-0.2, 0) is 0 Å². The van der Waals surface area contributed by atoms with E-state index < -0.39 is 0 Å². The van der Waals surface area contributed by atoms with Crippen LogP contribution in [0, 0.1) is 5.92 Å². The summed E-state index contributed by atoms with van der Waals surface area (Å²) in [5.41, 5.74) is 2.40. The lowest BCUT2D eigenvalue weighted by molar-refractivity contribution is 0.363. The molecule has 108 valence electrons. The second kappa shape index (κ2) is 7.39. The molecule has 0 saturated heterocycles. The minimum atomic E-state index is 0.409. The second-order valence-electron chi connectivity index (χ2n) is 5.66. The van der Waals surface area contributed by atoms with Gasteiger partial charge in [-0.15, -0.1) is 0 Å². The summed E-state index contributed by atoms with van der Waals surface area (Å²) in [6.07, 6.45) is 5.68. The third-order valence-electron chi connectivity index (χ3n) is 3.90. The highest BCUT2D eigenvalue weighted by molar-refractivity contribution is 5.78. The topological polar surface area (TPSA) is 24.9 Å². The van der Waals surface area contributed by atoms with Gasteiger partial charge in [0.05, 0.1) is 5.52 Å². The van der Waals surface area contributed by atoms with Crippen LogP contribution >= 0.6 is 0 Å². The van der Waals surface area contributed by atoms with E-state index in [9.17, 15) is 0 Å². The molecule has 0 amide bonds. The summed E-state index contributed by atoms with van der Waals surface area (Å²) in [6.45, 7) is 7.87. The van der Waals surface area contributed by atoms with Crippen LogP contribution in [0.5, 0.6) is 0 Å². The second-order valence-corrected chi connectivity index (χ2v) is 5.66. The van der Waals surface area contributed by atoms with Crippen molar-refractivity contribution in [3.8, 4) is 0 Å². The summed E-state index contributed by atoms with van der Waals surface area (Å²) in [5.74, 6) is 0.634. The van der Waals surface area contributed by atoms with Crippen molar-refractivity contribution in [2.75, 3.05) is 6.54 Å². The van der Waals surface area contributed by atoms with Crippen molar-refractivity contribution in [2.45, 2.75) is 46.1 Å². The Balaban J connectivity index is 2.29. The molecule has 0 bridgehead atoms. The summed E-state index contributed by atoms with van der Waals surface area (Å²) >= 11 is 0. The third kappa shape index (κ3) is 3.57. The third-order valence-corrected chi connectivity index (χ3v) is 3.90. The van der Waals surface area contributed by atoms with E-state index in [2.05, 4.69) is 55.3 Å². The van der Waals surface area contributed by atoms with E-state index >= 15 is 0 Å². The van der Waals surface area contributed by atoms with E-state index in [-0.39, 0.29) is 0 Å². The van der Waals surface area contributed by atoms with E-state index in [4.69, 9.17) is 0 Å².